The number of para-hydroxylation sites is 1. The number of aliphatic carboxylic acids is 1. The van der Waals surface area contributed by atoms with E-state index in [0.717, 1.165) is 5.56 Å². The van der Waals surface area contributed by atoms with E-state index in [9.17, 15) is 9.18 Å². The van der Waals surface area contributed by atoms with Gasteiger partial charge in [0.05, 0.1) is 6.42 Å². The number of carboxylic acids is 1. The Hall–Kier alpha value is -2.36. The summed E-state index contributed by atoms with van der Waals surface area (Å²) in [6.45, 7) is 1.86. The monoisotopic (exact) mass is 260 g/mol. The van der Waals surface area contributed by atoms with Gasteiger partial charge in [0, 0.05) is 5.56 Å². The van der Waals surface area contributed by atoms with Gasteiger partial charge in [-0.1, -0.05) is 29.8 Å². The minimum atomic E-state index is -0.955. The molecule has 0 saturated carbocycles. The van der Waals surface area contributed by atoms with Crippen LogP contribution in [0.1, 0.15) is 11.1 Å². The van der Waals surface area contributed by atoms with Gasteiger partial charge in [-0.15, -0.1) is 0 Å². The summed E-state index contributed by atoms with van der Waals surface area (Å²) in [4.78, 5) is 10.8. The molecule has 98 valence electrons. The Morgan fingerprint density at radius 2 is 1.95 bits per heavy atom. The molecule has 2 aromatic carbocycles. The standard InChI is InChI=1S/C15H13FO3/c1-10-6-7-13(11(8-10)9-15(17)18)19-14-5-3-2-4-12(14)16/h2-8H,9H2,1H3,(H,17,18). The maximum absolute atomic E-state index is 13.5. The van der Waals surface area contributed by atoms with Crippen molar-refractivity contribution < 1.29 is 19.0 Å². The van der Waals surface area contributed by atoms with E-state index in [1.165, 1.54) is 12.1 Å². The molecule has 0 atom stereocenters. The van der Waals surface area contributed by atoms with Crippen LogP contribution in [0.25, 0.3) is 0 Å². The molecule has 0 saturated heterocycles. The summed E-state index contributed by atoms with van der Waals surface area (Å²) in [5, 5.41) is 8.87. The maximum Gasteiger partial charge on any atom is 0.307 e. The number of hydrogen-bond acceptors (Lipinski definition) is 2. The first-order valence-electron chi connectivity index (χ1n) is 5.80. The molecule has 0 aromatic heterocycles. The molecule has 0 radical (unpaired) electrons. The number of aryl methyl sites for hydroxylation is 1. The summed E-state index contributed by atoms with van der Waals surface area (Å²) in [6, 6.07) is 11.2. The third-order valence-corrected chi connectivity index (χ3v) is 2.61. The summed E-state index contributed by atoms with van der Waals surface area (Å²) in [6.07, 6.45) is -0.161. The normalized spacial score (nSPS) is 10.2. The van der Waals surface area contributed by atoms with Crippen molar-refractivity contribution in [1.29, 1.82) is 0 Å². The lowest BCUT2D eigenvalue weighted by Crippen LogP contribution is -2.02. The maximum atomic E-state index is 13.5. The van der Waals surface area contributed by atoms with Gasteiger partial charge in [-0.3, -0.25) is 4.79 Å². The minimum Gasteiger partial charge on any atom is -0.481 e. The van der Waals surface area contributed by atoms with Crippen molar-refractivity contribution >= 4 is 5.97 Å². The molecule has 0 heterocycles. The molecular formula is C15H13FO3. The van der Waals surface area contributed by atoms with Gasteiger partial charge in [-0.2, -0.15) is 0 Å². The minimum absolute atomic E-state index is 0.0815. The van der Waals surface area contributed by atoms with Crippen LogP contribution in [0.4, 0.5) is 4.39 Å². The Kier molecular flexibility index (Phi) is 3.80. The zero-order valence-corrected chi connectivity index (χ0v) is 10.4. The molecule has 2 aromatic rings. The molecule has 0 bridgehead atoms. The fourth-order valence-corrected chi connectivity index (χ4v) is 1.75. The Labute approximate surface area is 110 Å². The van der Waals surface area contributed by atoms with Crippen molar-refractivity contribution in [2.45, 2.75) is 13.3 Å². The summed E-state index contributed by atoms with van der Waals surface area (Å²) in [5.41, 5.74) is 1.45. The average Bonchev–Trinajstić information content (AvgIpc) is 2.34. The van der Waals surface area contributed by atoms with Crippen LogP contribution in [0.5, 0.6) is 11.5 Å². The van der Waals surface area contributed by atoms with Gasteiger partial charge in [-0.05, 0) is 25.1 Å². The van der Waals surface area contributed by atoms with E-state index < -0.39 is 11.8 Å². The molecule has 0 spiro atoms. The van der Waals surface area contributed by atoms with E-state index in [-0.39, 0.29) is 12.2 Å². The van der Waals surface area contributed by atoms with Gasteiger partial charge < -0.3 is 9.84 Å². The number of benzene rings is 2. The largest absolute Gasteiger partial charge is 0.481 e. The molecule has 0 fully saturated rings. The van der Waals surface area contributed by atoms with Gasteiger partial charge in [0.2, 0.25) is 0 Å². The number of halogens is 1. The number of ether oxygens (including phenoxy) is 1. The Balaban J connectivity index is 2.34. The predicted octanol–water partition coefficient (Wildman–Crippen LogP) is 3.55. The first kappa shape index (κ1) is 13.1. The topological polar surface area (TPSA) is 46.5 Å². The number of rotatable bonds is 4. The first-order valence-corrected chi connectivity index (χ1v) is 5.80. The van der Waals surface area contributed by atoms with Gasteiger partial charge in [0.25, 0.3) is 0 Å². The molecular weight excluding hydrogens is 247 g/mol. The van der Waals surface area contributed by atoms with E-state index in [4.69, 9.17) is 9.84 Å². The SMILES string of the molecule is Cc1ccc(Oc2ccccc2F)c(CC(=O)O)c1. The van der Waals surface area contributed by atoms with Gasteiger partial charge >= 0.3 is 5.97 Å². The van der Waals surface area contributed by atoms with Crippen LogP contribution in [-0.2, 0) is 11.2 Å². The smallest absolute Gasteiger partial charge is 0.307 e. The molecule has 19 heavy (non-hydrogen) atoms. The average molecular weight is 260 g/mol. The van der Waals surface area contributed by atoms with E-state index in [2.05, 4.69) is 0 Å². The molecule has 0 aliphatic carbocycles. The molecule has 2 rings (SSSR count). The molecule has 0 aliphatic heterocycles. The fourth-order valence-electron chi connectivity index (χ4n) is 1.75. The lowest BCUT2D eigenvalue weighted by molar-refractivity contribution is -0.136. The van der Waals surface area contributed by atoms with Crippen molar-refractivity contribution in [3.8, 4) is 11.5 Å². The van der Waals surface area contributed by atoms with Crippen LogP contribution in [-0.4, -0.2) is 11.1 Å². The number of hydrogen-bond donors (Lipinski definition) is 1. The molecule has 0 unspecified atom stereocenters. The van der Waals surface area contributed by atoms with Crippen molar-refractivity contribution in [3.63, 3.8) is 0 Å². The third kappa shape index (κ3) is 3.31. The highest BCUT2D eigenvalue weighted by Gasteiger charge is 2.11. The van der Waals surface area contributed by atoms with E-state index in [1.807, 2.05) is 6.92 Å². The van der Waals surface area contributed by atoms with E-state index in [0.29, 0.717) is 11.3 Å². The third-order valence-electron chi connectivity index (χ3n) is 2.61. The van der Waals surface area contributed by atoms with Crippen LogP contribution in [0.15, 0.2) is 42.5 Å². The second-order valence-corrected chi connectivity index (χ2v) is 4.21. The van der Waals surface area contributed by atoms with Crippen molar-refractivity contribution in [2.24, 2.45) is 0 Å². The second-order valence-electron chi connectivity index (χ2n) is 4.21. The zero-order valence-electron chi connectivity index (χ0n) is 10.4. The quantitative estimate of drug-likeness (QED) is 0.914. The van der Waals surface area contributed by atoms with Crippen LogP contribution in [0, 0.1) is 12.7 Å². The Bertz CT molecular complexity index is 608. The van der Waals surface area contributed by atoms with Crippen LogP contribution in [0.2, 0.25) is 0 Å². The van der Waals surface area contributed by atoms with Gasteiger partial charge in [-0.25, -0.2) is 4.39 Å². The summed E-state index contributed by atoms with van der Waals surface area (Å²) in [5.74, 6) is -0.996. The predicted molar refractivity (Wildman–Crippen MR) is 69.0 cm³/mol. The Morgan fingerprint density at radius 1 is 1.21 bits per heavy atom. The van der Waals surface area contributed by atoms with Crippen LogP contribution in [0.3, 0.4) is 0 Å². The van der Waals surface area contributed by atoms with Crippen LogP contribution >= 0.6 is 0 Å². The first-order chi connectivity index (χ1) is 9.06. The van der Waals surface area contributed by atoms with Gasteiger partial charge in [0.15, 0.2) is 11.6 Å². The zero-order chi connectivity index (χ0) is 13.8. The van der Waals surface area contributed by atoms with Gasteiger partial charge in [0.1, 0.15) is 5.75 Å². The lowest BCUT2D eigenvalue weighted by atomic mass is 10.1. The van der Waals surface area contributed by atoms with Crippen molar-refractivity contribution in [1.82, 2.24) is 0 Å². The van der Waals surface area contributed by atoms with E-state index >= 15 is 0 Å². The van der Waals surface area contributed by atoms with Crippen molar-refractivity contribution in [3.05, 3.63) is 59.4 Å². The second kappa shape index (κ2) is 5.52. The highest BCUT2D eigenvalue weighted by Crippen LogP contribution is 2.28. The summed E-state index contributed by atoms with van der Waals surface area (Å²) >= 11 is 0. The number of carbonyl (C=O) groups is 1. The summed E-state index contributed by atoms with van der Waals surface area (Å²) in [7, 11) is 0. The van der Waals surface area contributed by atoms with Crippen LogP contribution < -0.4 is 4.74 Å². The summed E-state index contributed by atoms with van der Waals surface area (Å²) < 4.78 is 19.0. The number of carboxylic acid groups (broad SMARTS) is 1. The molecule has 0 aliphatic rings. The lowest BCUT2D eigenvalue weighted by Gasteiger charge is -2.11. The fraction of sp³-hybridized carbons (Fsp3) is 0.133. The molecule has 4 heteroatoms. The van der Waals surface area contributed by atoms with E-state index in [1.54, 1.807) is 30.3 Å². The van der Waals surface area contributed by atoms with Crippen molar-refractivity contribution in [2.75, 3.05) is 0 Å². The molecule has 1 N–H and O–H groups in total. The highest BCUT2D eigenvalue weighted by atomic mass is 19.1. The molecule has 0 amide bonds. The Morgan fingerprint density at radius 3 is 2.63 bits per heavy atom. The molecule has 3 nitrogen and oxygen atoms in total. The highest BCUT2D eigenvalue weighted by molar-refractivity contribution is 5.71.